The van der Waals surface area contributed by atoms with Crippen molar-refractivity contribution in [2.24, 2.45) is 0 Å². The molecule has 0 saturated carbocycles. The van der Waals surface area contributed by atoms with Gasteiger partial charge in [-0.3, -0.25) is 4.98 Å². The van der Waals surface area contributed by atoms with E-state index < -0.39 is 5.63 Å². The molecule has 100 valence electrons. The average molecular weight is 268 g/mol. The minimum Gasteiger partial charge on any atom is -0.494 e. The van der Waals surface area contributed by atoms with Crippen molar-refractivity contribution in [3.8, 4) is 22.7 Å². The largest absolute Gasteiger partial charge is 0.494 e. The first kappa shape index (κ1) is 12.2. The summed E-state index contributed by atoms with van der Waals surface area (Å²) in [6.45, 7) is 0. The lowest BCUT2D eigenvalue weighted by molar-refractivity contribution is 0.316. The molecule has 0 atom stereocenters. The Morgan fingerprint density at radius 2 is 1.90 bits per heavy atom. The summed E-state index contributed by atoms with van der Waals surface area (Å²) < 4.78 is 12.0. The average Bonchev–Trinajstić information content (AvgIpc) is 2.90. The van der Waals surface area contributed by atoms with Gasteiger partial charge in [0.05, 0.1) is 18.9 Å². The van der Waals surface area contributed by atoms with Crippen molar-refractivity contribution in [3.63, 3.8) is 0 Å². The Morgan fingerprint density at radius 3 is 2.65 bits per heavy atom. The van der Waals surface area contributed by atoms with E-state index in [1.165, 1.54) is 10.8 Å². The van der Waals surface area contributed by atoms with E-state index >= 15 is 0 Å². The van der Waals surface area contributed by atoms with Gasteiger partial charge in [0, 0.05) is 18.0 Å². The highest BCUT2D eigenvalue weighted by atomic mass is 16.5. The van der Waals surface area contributed by atoms with Gasteiger partial charge in [0.25, 0.3) is 0 Å². The molecular weight excluding hydrogens is 256 g/mol. The molecule has 0 spiro atoms. The molecule has 0 fully saturated rings. The lowest BCUT2D eigenvalue weighted by Crippen LogP contribution is -1.99. The summed E-state index contributed by atoms with van der Waals surface area (Å²) in [4.78, 5) is 15.6. The minimum absolute atomic E-state index is 0.414. The third-order valence-corrected chi connectivity index (χ3v) is 2.93. The van der Waals surface area contributed by atoms with E-state index in [1.54, 1.807) is 19.5 Å². The monoisotopic (exact) mass is 268 g/mol. The molecule has 20 heavy (non-hydrogen) atoms. The molecule has 3 rings (SSSR count). The van der Waals surface area contributed by atoms with E-state index in [-0.39, 0.29) is 0 Å². The van der Waals surface area contributed by atoms with Gasteiger partial charge in [0.2, 0.25) is 0 Å². The van der Waals surface area contributed by atoms with Crippen molar-refractivity contribution < 1.29 is 9.26 Å². The van der Waals surface area contributed by atoms with Crippen LogP contribution in [-0.4, -0.2) is 16.8 Å². The van der Waals surface area contributed by atoms with Gasteiger partial charge >= 0.3 is 5.63 Å². The Morgan fingerprint density at radius 1 is 1.15 bits per heavy atom. The molecule has 0 amide bonds. The highest BCUT2D eigenvalue weighted by Gasteiger charge is 2.14. The summed E-state index contributed by atoms with van der Waals surface area (Å²) in [6.07, 6.45) is 3.33. The van der Waals surface area contributed by atoms with Crippen LogP contribution in [0.4, 0.5) is 0 Å². The molecule has 5 nitrogen and oxygen atoms in total. The van der Waals surface area contributed by atoms with Gasteiger partial charge in [-0.05, 0) is 24.3 Å². The van der Waals surface area contributed by atoms with E-state index in [0.29, 0.717) is 17.1 Å². The molecule has 2 heterocycles. The van der Waals surface area contributed by atoms with Crippen LogP contribution in [0.3, 0.4) is 0 Å². The molecule has 0 aliphatic rings. The molecule has 3 aromatic rings. The first-order valence-corrected chi connectivity index (χ1v) is 6.07. The molecule has 0 bridgehead atoms. The van der Waals surface area contributed by atoms with Gasteiger partial charge in [-0.1, -0.05) is 12.1 Å². The van der Waals surface area contributed by atoms with Crippen molar-refractivity contribution in [2.75, 3.05) is 7.11 Å². The summed E-state index contributed by atoms with van der Waals surface area (Å²) in [7, 11) is 1.58. The fourth-order valence-electron chi connectivity index (χ4n) is 2.04. The van der Waals surface area contributed by atoms with Crippen LogP contribution in [0.25, 0.3) is 16.9 Å². The van der Waals surface area contributed by atoms with Crippen LogP contribution in [0.2, 0.25) is 0 Å². The molecule has 1 aromatic carbocycles. The maximum atomic E-state index is 11.6. The zero-order chi connectivity index (χ0) is 13.9. The van der Waals surface area contributed by atoms with Gasteiger partial charge in [0.1, 0.15) is 11.4 Å². The number of methoxy groups -OCH3 is 1. The number of benzene rings is 1. The molecular formula is C15H12N2O3. The molecule has 2 aromatic heterocycles. The summed E-state index contributed by atoms with van der Waals surface area (Å²) >= 11 is 0. The normalized spacial score (nSPS) is 10.4. The number of ether oxygens (including phenoxy) is 1. The first-order valence-electron chi connectivity index (χ1n) is 6.07. The maximum Gasteiger partial charge on any atom is 0.358 e. The van der Waals surface area contributed by atoms with Crippen LogP contribution in [0, 0.1) is 0 Å². The van der Waals surface area contributed by atoms with E-state index in [0.717, 1.165) is 5.56 Å². The number of rotatable bonds is 3. The Kier molecular flexibility index (Phi) is 3.09. The summed E-state index contributed by atoms with van der Waals surface area (Å²) in [5, 5.41) is 0. The van der Waals surface area contributed by atoms with Crippen LogP contribution in [-0.2, 0) is 0 Å². The summed E-state index contributed by atoms with van der Waals surface area (Å²) in [6, 6.07) is 12.4. The van der Waals surface area contributed by atoms with Crippen LogP contribution in [0.1, 0.15) is 0 Å². The van der Waals surface area contributed by atoms with Gasteiger partial charge in [0.15, 0.2) is 0 Å². The number of nitrogens with zero attached hydrogens (tertiary/aromatic N) is 2. The Balaban J connectivity index is 2.23. The predicted octanol–water partition coefficient (Wildman–Crippen LogP) is 2.50. The Labute approximate surface area is 115 Å². The second-order valence-corrected chi connectivity index (χ2v) is 4.14. The number of pyridine rings is 1. The highest BCUT2D eigenvalue weighted by molar-refractivity contribution is 5.62. The lowest BCUT2D eigenvalue weighted by atomic mass is 10.2. The van der Waals surface area contributed by atoms with Gasteiger partial charge < -0.3 is 9.26 Å². The number of hydrogen-bond donors (Lipinski definition) is 0. The maximum absolute atomic E-state index is 11.6. The fourth-order valence-corrected chi connectivity index (χ4v) is 2.04. The van der Waals surface area contributed by atoms with Crippen molar-refractivity contribution in [3.05, 3.63) is 65.3 Å². The standard InChI is InChI=1S/C15H12N2O3/c1-19-14-5-3-2-4-12(14)17-13(10-15(18)20-17)11-6-8-16-9-7-11/h2-10H,1H3. The first-order chi connectivity index (χ1) is 9.79. The van der Waals surface area contributed by atoms with Crippen molar-refractivity contribution in [1.29, 1.82) is 0 Å². The molecule has 0 aliphatic heterocycles. The molecule has 0 saturated heterocycles. The minimum atomic E-state index is -0.414. The number of para-hydroxylation sites is 2. The summed E-state index contributed by atoms with van der Waals surface area (Å²) in [5.41, 5.74) is 1.75. The number of aromatic nitrogens is 2. The van der Waals surface area contributed by atoms with E-state index in [2.05, 4.69) is 4.98 Å². The Hall–Kier alpha value is -2.82. The zero-order valence-corrected chi connectivity index (χ0v) is 10.8. The van der Waals surface area contributed by atoms with E-state index in [9.17, 15) is 4.79 Å². The second-order valence-electron chi connectivity index (χ2n) is 4.14. The van der Waals surface area contributed by atoms with Gasteiger partial charge in [-0.25, -0.2) is 4.79 Å². The van der Waals surface area contributed by atoms with Crippen LogP contribution < -0.4 is 10.4 Å². The van der Waals surface area contributed by atoms with Gasteiger partial charge in [-0.15, -0.1) is 0 Å². The summed E-state index contributed by atoms with van der Waals surface area (Å²) in [5.74, 6) is 0.627. The lowest BCUT2D eigenvalue weighted by Gasteiger charge is -2.10. The molecule has 0 radical (unpaired) electrons. The van der Waals surface area contributed by atoms with Gasteiger partial charge in [-0.2, -0.15) is 4.74 Å². The topological polar surface area (TPSA) is 57.3 Å². The third kappa shape index (κ3) is 2.09. The number of hydrogen-bond acceptors (Lipinski definition) is 4. The van der Waals surface area contributed by atoms with E-state index in [4.69, 9.17) is 9.26 Å². The second kappa shape index (κ2) is 5.05. The third-order valence-electron chi connectivity index (χ3n) is 2.93. The van der Waals surface area contributed by atoms with Crippen molar-refractivity contribution in [1.82, 2.24) is 9.72 Å². The zero-order valence-electron chi connectivity index (χ0n) is 10.8. The Bertz CT molecular complexity index is 775. The molecule has 0 N–H and O–H groups in total. The molecule has 5 heteroatoms. The van der Waals surface area contributed by atoms with Crippen molar-refractivity contribution in [2.45, 2.75) is 0 Å². The molecule has 0 aliphatic carbocycles. The SMILES string of the molecule is COc1ccccc1-n1oc(=O)cc1-c1ccncc1. The van der Waals surface area contributed by atoms with Crippen LogP contribution in [0.15, 0.2) is 64.2 Å². The van der Waals surface area contributed by atoms with Crippen molar-refractivity contribution >= 4 is 0 Å². The van der Waals surface area contributed by atoms with Crippen LogP contribution in [0.5, 0.6) is 5.75 Å². The quantitative estimate of drug-likeness (QED) is 0.732. The van der Waals surface area contributed by atoms with Crippen LogP contribution >= 0.6 is 0 Å². The highest BCUT2D eigenvalue weighted by Crippen LogP contribution is 2.27. The smallest absolute Gasteiger partial charge is 0.358 e. The fraction of sp³-hybridized carbons (Fsp3) is 0.0667. The van der Waals surface area contributed by atoms with E-state index in [1.807, 2.05) is 36.4 Å². The predicted molar refractivity (Wildman–Crippen MR) is 74.1 cm³/mol. The molecule has 0 unspecified atom stereocenters.